The number of alkyl halides is 1. The third-order valence-corrected chi connectivity index (χ3v) is 2.28. The molecule has 2 heterocycles. The lowest BCUT2D eigenvalue weighted by atomic mass is 10.1. The van der Waals surface area contributed by atoms with Crippen molar-refractivity contribution in [2.45, 2.75) is 13.2 Å². The third-order valence-electron chi connectivity index (χ3n) is 2.28. The Labute approximate surface area is 92.4 Å². The molecule has 2 rings (SSSR count). The standard InChI is InChI=1S/C11H12FN3O/c12-3-6-15-7-10(8-16)11(14-15)9-1-4-13-5-2-9/h1-2,4-5,7,16H,3,6,8H2. The molecule has 0 atom stereocenters. The lowest BCUT2D eigenvalue weighted by Gasteiger charge is -1.98. The van der Waals surface area contributed by atoms with E-state index >= 15 is 0 Å². The third kappa shape index (κ3) is 2.09. The summed E-state index contributed by atoms with van der Waals surface area (Å²) in [6.07, 6.45) is 4.98. The second-order valence-electron chi connectivity index (χ2n) is 3.35. The second kappa shape index (κ2) is 4.85. The van der Waals surface area contributed by atoms with E-state index in [-0.39, 0.29) is 13.2 Å². The molecule has 84 valence electrons. The van der Waals surface area contributed by atoms with Gasteiger partial charge in [-0.25, -0.2) is 4.39 Å². The summed E-state index contributed by atoms with van der Waals surface area (Å²) in [7, 11) is 0. The molecule has 16 heavy (non-hydrogen) atoms. The molecule has 0 bridgehead atoms. The first kappa shape index (κ1) is 10.8. The molecule has 0 aliphatic carbocycles. The summed E-state index contributed by atoms with van der Waals surface area (Å²) in [5.74, 6) is 0. The van der Waals surface area contributed by atoms with Crippen LogP contribution in [-0.2, 0) is 13.2 Å². The second-order valence-corrected chi connectivity index (χ2v) is 3.35. The molecule has 1 N–H and O–H groups in total. The molecular formula is C11H12FN3O. The molecule has 0 amide bonds. The Hall–Kier alpha value is -1.75. The van der Waals surface area contributed by atoms with Gasteiger partial charge < -0.3 is 5.11 Å². The van der Waals surface area contributed by atoms with Gasteiger partial charge in [-0.2, -0.15) is 5.10 Å². The van der Waals surface area contributed by atoms with E-state index in [9.17, 15) is 9.50 Å². The molecule has 0 spiro atoms. The van der Waals surface area contributed by atoms with Gasteiger partial charge in [0, 0.05) is 29.7 Å². The summed E-state index contributed by atoms with van der Waals surface area (Å²) < 4.78 is 13.7. The van der Waals surface area contributed by atoms with Crippen LogP contribution in [0.4, 0.5) is 4.39 Å². The van der Waals surface area contributed by atoms with E-state index in [2.05, 4.69) is 10.1 Å². The Kier molecular flexibility index (Phi) is 3.26. The maximum absolute atomic E-state index is 12.2. The van der Waals surface area contributed by atoms with Gasteiger partial charge in [0.05, 0.1) is 18.8 Å². The van der Waals surface area contributed by atoms with E-state index in [1.165, 1.54) is 4.68 Å². The minimum atomic E-state index is -0.470. The summed E-state index contributed by atoms with van der Waals surface area (Å²) in [5, 5.41) is 13.4. The number of aromatic nitrogens is 3. The van der Waals surface area contributed by atoms with Crippen LogP contribution < -0.4 is 0 Å². The molecule has 0 saturated heterocycles. The summed E-state index contributed by atoms with van der Waals surface area (Å²) in [5.41, 5.74) is 2.25. The average molecular weight is 221 g/mol. The fraction of sp³-hybridized carbons (Fsp3) is 0.273. The molecule has 0 radical (unpaired) electrons. The SMILES string of the molecule is OCc1cn(CCF)nc1-c1ccncc1. The number of hydrogen-bond donors (Lipinski definition) is 1. The highest BCUT2D eigenvalue weighted by Gasteiger charge is 2.09. The van der Waals surface area contributed by atoms with Gasteiger partial charge in [0.25, 0.3) is 0 Å². The Balaban J connectivity index is 2.39. The van der Waals surface area contributed by atoms with Crippen LogP contribution in [0, 0.1) is 0 Å². The zero-order valence-corrected chi connectivity index (χ0v) is 8.67. The Bertz CT molecular complexity index is 456. The lowest BCUT2D eigenvalue weighted by Crippen LogP contribution is -1.99. The van der Waals surface area contributed by atoms with E-state index in [1.54, 1.807) is 30.7 Å². The molecule has 2 aromatic rings. The van der Waals surface area contributed by atoms with Gasteiger partial charge in [0.2, 0.25) is 0 Å². The van der Waals surface area contributed by atoms with E-state index < -0.39 is 6.67 Å². The molecule has 0 aliphatic rings. The maximum Gasteiger partial charge on any atom is 0.109 e. The number of rotatable bonds is 4. The number of pyridine rings is 1. The van der Waals surface area contributed by atoms with Crippen LogP contribution in [0.2, 0.25) is 0 Å². The van der Waals surface area contributed by atoms with Crippen LogP contribution in [0.1, 0.15) is 5.56 Å². The van der Waals surface area contributed by atoms with Gasteiger partial charge in [-0.1, -0.05) is 0 Å². The number of halogens is 1. The van der Waals surface area contributed by atoms with Crippen LogP contribution in [0.3, 0.4) is 0 Å². The fourth-order valence-electron chi connectivity index (χ4n) is 1.53. The molecule has 2 aromatic heterocycles. The highest BCUT2D eigenvalue weighted by Crippen LogP contribution is 2.21. The number of aryl methyl sites for hydroxylation is 1. The van der Waals surface area contributed by atoms with Gasteiger partial charge in [0.1, 0.15) is 6.67 Å². The first-order chi connectivity index (χ1) is 7.85. The van der Waals surface area contributed by atoms with Crippen LogP contribution in [0.15, 0.2) is 30.7 Å². The molecule has 0 unspecified atom stereocenters. The normalized spacial score (nSPS) is 10.6. The topological polar surface area (TPSA) is 50.9 Å². The predicted octanol–water partition coefficient (Wildman–Crippen LogP) is 1.41. The van der Waals surface area contributed by atoms with E-state index in [4.69, 9.17) is 0 Å². The van der Waals surface area contributed by atoms with Crippen molar-refractivity contribution in [2.75, 3.05) is 6.67 Å². The van der Waals surface area contributed by atoms with Gasteiger partial charge in [-0.05, 0) is 12.1 Å². The van der Waals surface area contributed by atoms with E-state index in [0.717, 1.165) is 5.56 Å². The molecule has 4 nitrogen and oxygen atoms in total. The monoisotopic (exact) mass is 221 g/mol. The molecule has 0 aliphatic heterocycles. The summed E-state index contributed by atoms with van der Waals surface area (Å²) >= 11 is 0. The van der Waals surface area contributed by atoms with Crippen LogP contribution in [-0.4, -0.2) is 26.5 Å². The molecule has 0 saturated carbocycles. The average Bonchev–Trinajstić information content (AvgIpc) is 2.74. The van der Waals surface area contributed by atoms with Crippen molar-refractivity contribution < 1.29 is 9.50 Å². The molecule has 0 aromatic carbocycles. The smallest absolute Gasteiger partial charge is 0.109 e. The first-order valence-electron chi connectivity index (χ1n) is 4.98. The quantitative estimate of drug-likeness (QED) is 0.849. The zero-order chi connectivity index (χ0) is 11.4. The number of nitrogens with zero attached hydrogens (tertiary/aromatic N) is 3. The van der Waals surface area contributed by atoms with Crippen molar-refractivity contribution in [2.24, 2.45) is 0 Å². The number of hydrogen-bond acceptors (Lipinski definition) is 3. The summed E-state index contributed by atoms with van der Waals surface area (Å²) in [6.45, 7) is -0.371. The Morgan fingerprint density at radius 1 is 1.31 bits per heavy atom. The van der Waals surface area contributed by atoms with Gasteiger partial charge in [0.15, 0.2) is 0 Å². The molecule has 0 fully saturated rings. The number of aliphatic hydroxyl groups excluding tert-OH is 1. The molecular weight excluding hydrogens is 209 g/mol. The van der Waals surface area contributed by atoms with Crippen molar-refractivity contribution in [3.8, 4) is 11.3 Å². The van der Waals surface area contributed by atoms with Gasteiger partial charge >= 0.3 is 0 Å². The molecule has 5 heteroatoms. The fourth-order valence-corrected chi connectivity index (χ4v) is 1.53. The maximum atomic E-state index is 12.2. The minimum absolute atomic E-state index is 0.107. The van der Waals surface area contributed by atoms with Gasteiger partial charge in [-0.3, -0.25) is 9.67 Å². The lowest BCUT2D eigenvalue weighted by molar-refractivity contribution is 0.282. The van der Waals surface area contributed by atoms with Gasteiger partial charge in [-0.15, -0.1) is 0 Å². The summed E-state index contributed by atoms with van der Waals surface area (Å²) in [6, 6.07) is 3.61. The largest absolute Gasteiger partial charge is 0.392 e. The first-order valence-corrected chi connectivity index (χ1v) is 4.98. The highest BCUT2D eigenvalue weighted by molar-refractivity contribution is 5.61. The highest BCUT2D eigenvalue weighted by atomic mass is 19.1. The van der Waals surface area contributed by atoms with Crippen molar-refractivity contribution in [3.63, 3.8) is 0 Å². The minimum Gasteiger partial charge on any atom is -0.392 e. The Morgan fingerprint density at radius 2 is 2.06 bits per heavy atom. The summed E-state index contributed by atoms with van der Waals surface area (Å²) in [4.78, 5) is 3.91. The number of aliphatic hydroxyl groups is 1. The van der Waals surface area contributed by atoms with Crippen LogP contribution in [0.5, 0.6) is 0 Å². The van der Waals surface area contributed by atoms with Crippen molar-refractivity contribution in [1.29, 1.82) is 0 Å². The van der Waals surface area contributed by atoms with E-state index in [1.807, 2.05) is 0 Å². The zero-order valence-electron chi connectivity index (χ0n) is 8.67. The van der Waals surface area contributed by atoms with Crippen molar-refractivity contribution in [3.05, 3.63) is 36.3 Å². The van der Waals surface area contributed by atoms with Crippen LogP contribution in [0.25, 0.3) is 11.3 Å². The Morgan fingerprint density at radius 3 is 2.69 bits per heavy atom. The van der Waals surface area contributed by atoms with E-state index in [0.29, 0.717) is 11.3 Å². The van der Waals surface area contributed by atoms with Crippen LogP contribution >= 0.6 is 0 Å². The van der Waals surface area contributed by atoms with Crippen molar-refractivity contribution in [1.82, 2.24) is 14.8 Å². The van der Waals surface area contributed by atoms with Crippen molar-refractivity contribution >= 4 is 0 Å². The predicted molar refractivity (Wildman–Crippen MR) is 57.4 cm³/mol.